The van der Waals surface area contributed by atoms with E-state index < -0.39 is 28.2 Å². The van der Waals surface area contributed by atoms with E-state index in [0.29, 0.717) is 4.90 Å². The van der Waals surface area contributed by atoms with Crippen LogP contribution in [0.2, 0.25) is 0 Å². The lowest BCUT2D eigenvalue weighted by atomic mass is 10.1. The van der Waals surface area contributed by atoms with Gasteiger partial charge in [-0.1, -0.05) is 0 Å². The maximum atomic E-state index is 13.5. The van der Waals surface area contributed by atoms with Crippen LogP contribution < -0.4 is 5.32 Å². The zero-order chi connectivity index (χ0) is 16.3. The molecule has 0 atom stereocenters. The minimum atomic E-state index is -0.882. The maximum Gasteiger partial charge on any atom is 0.282 e. The van der Waals surface area contributed by atoms with Gasteiger partial charge in [-0.15, -0.1) is 11.8 Å². The van der Waals surface area contributed by atoms with Crippen molar-refractivity contribution in [1.82, 2.24) is 0 Å². The molecule has 0 saturated heterocycles. The number of nitrogens with zero attached hydrogens (tertiary/aromatic N) is 1. The minimum Gasteiger partial charge on any atom is -0.319 e. The largest absolute Gasteiger partial charge is 0.319 e. The van der Waals surface area contributed by atoms with E-state index >= 15 is 0 Å². The topological polar surface area (TPSA) is 72.2 Å². The van der Waals surface area contributed by atoms with Crippen LogP contribution in [0.5, 0.6) is 0 Å². The van der Waals surface area contributed by atoms with E-state index in [2.05, 4.69) is 5.32 Å². The molecule has 1 amide bonds. The first-order chi connectivity index (χ1) is 10.4. The molecule has 0 radical (unpaired) electrons. The summed E-state index contributed by atoms with van der Waals surface area (Å²) in [7, 11) is 0. The molecule has 0 aromatic heterocycles. The smallest absolute Gasteiger partial charge is 0.282 e. The molecular weight excluding hydrogens is 314 g/mol. The number of benzene rings is 2. The highest BCUT2D eigenvalue weighted by molar-refractivity contribution is 7.98. The maximum absolute atomic E-state index is 13.5. The van der Waals surface area contributed by atoms with Crippen LogP contribution in [0.25, 0.3) is 0 Å². The highest BCUT2D eigenvalue weighted by Gasteiger charge is 2.21. The van der Waals surface area contributed by atoms with Gasteiger partial charge in [0.05, 0.1) is 10.6 Å². The Morgan fingerprint density at radius 3 is 2.59 bits per heavy atom. The van der Waals surface area contributed by atoms with Crippen LogP contribution in [0.15, 0.2) is 41.3 Å². The van der Waals surface area contributed by atoms with Crippen molar-refractivity contribution in [2.45, 2.75) is 4.90 Å². The number of amides is 1. The molecule has 2 aromatic carbocycles. The molecule has 0 fully saturated rings. The summed E-state index contributed by atoms with van der Waals surface area (Å²) in [5.74, 6) is -2.45. The third-order valence-electron chi connectivity index (χ3n) is 2.82. The molecule has 8 heteroatoms. The van der Waals surface area contributed by atoms with E-state index in [-0.39, 0.29) is 11.3 Å². The van der Waals surface area contributed by atoms with E-state index in [1.165, 1.54) is 30.0 Å². The van der Waals surface area contributed by atoms with Gasteiger partial charge in [-0.3, -0.25) is 14.9 Å². The lowest BCUT2D eigenvalue weighted by Gasteiger charge is -2.08. The predicted molar refractivity (Wildman–Crippen MR) is 79.2 cm³/mol. The van der Waals surface area contributed by atoms with Crippen molar-refractivity contribution in [3.8, 4) is 0 Å². The van der Waals surface area contributed by atoms with Crippen molar-refractivity contribution in [2.24, 2.45) is 0 Å². The van der Waals surface area contributed by atoms with Crippen molar-refractivity contribution >= 4 is 29.0 Å². The summed E-state index contributed by atoms with van der Waals surface area (Å²) in [4.78, 5) is 23.1. The average Bonchev–Trinajstić information content (AvgIpc) is 2.50. The van der Waals surface area contributed by atoms with Crippen molar-refractivity contribution in [2.75, 3.05) is 11.6 Å². The first-order valence-electron chi connectivity index (χ1n) is 6.01. The molecule has 0 unspecified atom stereocenters. The summed E-state index contributed by atoms with van der Waals surface area (Å²) < 4.78 is 26.6. The molecule has 5 nitrogen and oxygen atoms in total. The molecule has 1 N–H and O–H groups in total. The number of nitro benzene ring substituents is 1. The number of carbonyl (C=O) groups is 1. The molecule has 2 aromatic rings. The van der Waals surface area contributed by atoms with Crippen LogP contribution in [0, 0.1) is 21.7 Å². The Bertz CT molecular complexity index is 753. The zero-order valence-electron chi connectivity index (χ0n) is 11.3. The summed E-state index contributed by atoms with van der Waals surface area (Å²) in [6, 6.07) is 6.59. The van der Waals surface area contributed by atoms with Gasteiger partial charge in [-0.05, 0) is 30.5 Å². The molecule has 2 rings (SSSR count). The van der Waals surface area contributed by atoms with Gasteiger partial charge in [0.2, 0.25) is 0 Å². The van der Waals surface area contributed by atoms with Gasteiger partial charge in [0.15, 0.2) is 0 Å². The van der Waals surface area contributed by atoms with Crippen LogP contribution in [0.1, 0.15) is 10.4 Å². The molecule has 22 heavy (non-hydrogen) atoms. The SMILES string of the molecule is CSc1ccc([N+](=O)[O-])c(C(=O)Nc2cc(F)ccc2F)c1. The second kappa shape index (κ2) is 6.52. The Hall–Kier alpha value is -2.48. The molecule has 0 saturated carbocycles. The third kappa shape index (κ3) is 3.40. The van der Waals surface area contributed by atoms with E-state index in [0.717, 1.165) is 18.2 Å². The van der Waals surface area contributed by atoms with Gasteiger partial charge in [-0.25, -0.2) is 8.78 Å². The highest BCUT2D eigenvalue weighted by Crippen LogP contribution is 2.26. The third-order valence-corrected chi connectivity index (χ3v) is 3.55. The summed E-state index contributed by atoms with van der Waals surface area (Å²) >= 11 is 1.30. The second-order valence-corrected chi connectivity index (χ2v) is 5.10. The fourth-order valence-electron chi connectivity index (χ4n) is 1.77. The number of carbonyl (C=O) groups excluding carboxylic acids is 1. The molecule has 0 aliphatic heterocycles. The van der Waals surface area contributed by atoms with Crippen LogP contribution in [0.4, 0.5) is 20.2 Å². The second-order valence-electron chi connectivity index (χ2n) is 4.22. The zero-order valence-corrected chi connectivity index (χ0v) is 12.1. The number of halogens is 2. The Morgan fingerprint density at radius 2 is 1.95 bits per heavy atom. The van der Waals surface area contributed by atoms with Crippen molar-refractivity contribution in [3.05, 3.63) is 63.7 Å². The van der Waals surface area contributed by atoms with E-state index in [4.69, 9.17) is 0 Å². The van der Waals surface area contributed by atoms with Crippen molar-refractivity contribution in [3.63, 3.8) is 0 Å². The number of nitrogens with one attached hydrogen (secondary N) is 1. The average molecular weight is 324 g/mol. The lowest BCUT2D eigenvalue weighted by Crippen LogP contribution is -2.15. The number of nitro groups is 1. The first kappa shape index (κ1) is 15.9. The van der Waals surface area contributed by atoms with Gasteiger partial charge < -0.3 is 5.32 Å². The minimum absolute atomic E-state index is 0.222. The number of thioether (sulfide) groups is 1. The van der Waals surface area contributed by atoms with Gasteiger partial charge in [0.25, 0.3) is 11.6 Å². The Morgan fingerprint density at radius 1 is 1.23 bits per heavy atom. The number of rotatable bonds is 4. The van der Waals surface area contributed by atoms with Gasteiger partial charge in [0.1, 0.15) is 17.2 Å². The number of anilines is 1. The summed E-state index contributed by atoms with van der Waals surface area (Å²) in [6.07, 6.45) is 1.75. The van der Waals surface area contributed by atoms with Gasteiger partial charge in [-0.2, -0.15) is 0 Å². The lowest BCUT2D eigenvalue weighted by molar-refractivity contribution is -0.385. The van der Waals surface area contributed by atoms with Crippen LogP contribution in [-0.2, 0) is 0 Å². The van der Waals surface area contributed by atoms with Crippen LogP contribution in [-0.4, -0.2) is 17.1 Å². The molecule has 0 spiro atoms. The van der Waals surface area contributed by atoms with Gasteiger partial charge in [0, 0.05) is 17.0 Å². The van der Waals surface area contributed by atoms with Crippen molar-refractivity contribution in [1.29, 1.82) is 0 Å². The predicted octanol–water partition coefficient (Wildman–Crippen LogP) is 3.85. The van der Waals surface area contributed by atoms with Crippen molar-refractivity contribution < 1.29 is 18.5 Å². The standard InChI is InChI=1S/C14H10F2N2O3S/c1-22-9-3-5-13(18(20)21)10(7-9)14(19)17-12-6-8(15)2-4-11(12)16/h2-7H,1H3,(H,17,19). The van der Waals surface area contributed by atoms with Gasteiger partial charge >= 0.3 is 0 Å². The van der Waals surface area contributed by atoms with Crippen LogP contribution >= 0.6 is 11.8 Å². The first-order valence-corrected chi connectivity index (χ1v) is 7.23. The molecule has 0 aliphatic rings. The molecule has 0 aliphatic carbocycles. The molecular formula is C14H10F2N2O3S. The number of hydrogen-bond donors (Lipinski definition) is 1. The normalized spacial score (nSPS) is 10.3. The molecule has 114 valence electrons. The van der Waals surface area contributed by atoms with E-state index in [1.54, 1.807) is 6.26 Å². The molecule has 0 bridgehead atoms. The fourth-order valence-corrected chi connectivity index (χ4v) is 2.21. The van der Waals surface area contributed by atoms with Crippen LogP contribution in [0.3, 0.4) is 0 Å². The van der Waals surface area contributed by atoms with E-state index in [9.17, 15) is 23.7 Å². The summed E-state index contributed by atoms with van der Waals surface area (Å²) in [5, 5.41) is 13.1. The fraction of sp³-hybridized carbons (Fsp3) is 0.0714. The quantitative estimate of drug-likeness (QED) is 0.527. The Kier molecular flexibility index (Phi) is 4.71. The molecule has 0 heterocycles. The monoisotopic (exact) mass is 324 g/mol. The Labute approximate surface area is 128 Å². The summed E-state index contributed by atoms with van der Waals surface area (Å²) in [5.41, 5.74) is -1.01. The number of hydrogen-bond acceptors (Lipinski definition) is 4. The van der Waals surface area contributed by atoms with E-state index in [1.807, 2.05) is 0 Å². The highest BCUT2D eigenvalue weighted by atomic mass is 32.2. The summed E-state index contributed by atoms with van der Waals surface area (Å²) in [6.45, 7) is 0. The Balaban J connectivity index is 2.40.